The predicted molar refractivity (Wildman–Crippen MR) is 96.5 cm³/mol. The van der Waals surface area contributed by atoms with Crippen LogP contribution in [0.4, 0.5) is 6.01 Å². The second-order valence-electron chi connectivity index (χ2n) is 7.20. The minimum absolute atomic E-state index is 0.0411. The van der Waals surface area contributed by atoms with Crippen molar-refractivity contribution >= 4 is 28.9 Å². The summed E-state index contributed by atoms with van der Waals surface area (Å²) in [5.41, 5.74) is 6.97. The number of aromatic nitrogens is 1. The molecule has 2 aromatic rings. The van der Waals surface area contributed by atoms with E-state index in [0.717, 1.165) is 25.9 Å². The van der Waals surface area contributed by atoms with Gasteiger partial charge in [-0.2, -0.15) is 4.98 Å². The van der Waals surface area contributed by atoms with E-state index in [0.29, 0.717) is 29.8 Å². The molecule has 2 fully saturated rings. The Morgan fingerprint density at radius 1 is 1.27 bits per heavy atom. The van der Waals surface area contributed by atoms with Crippen molar-refractivity contribution in [3.8, 4) is 0 Å². The van der Waals surface area contributed by atoms with E-state index < -0.39 is 0 Å². The first kappa shape index (κ1) is 16.8. The molecule has 3 heterocycles. The largest absolute Gasteiger partial charge is 0.424 e. The Kier molecular flexibility index (Phi) is 4.28. The summed E-state index contributed by atoms with van der Waals surface area (Å²) in [6.07, 6.45) is 1.68. The molecular weight excluding hydrogens is 334 g/mol. The Hall–Kier alpha value is -2.61. The number of amides is 2. The van der Waals surface area contributed by atoms with Crippen molar-refractivity contribution in [2.24, 2.45) is 5.92 Å². The standard InChI is InChI=1S/C18H23N5O3/c1-22-7-5-11(9-22)17(25)23-8-6-12(10-23)20-16(24)13-3-2-4-14-15(13)21-18(19)26-14/h2-4,11-12H,5-10H2,1H3,(H2,19,21)(H,20,24)/t11-,12+/m0/s1. The Morgan fingerprint density at radius 3 is 2.88 bits per heavy atom. The van der Waals surface area contributed by atoms with Crippen molar-refractivity contribution in [3.63, 3.8) is 0 Å². The second kappa shape index (κ2) is 6.60. The Bertz CT molecular complexity index is 848. The van der Waals surface area contributed by atoms with Crippen molar-refractivity contribution in [2.75, 3.05) is 39.0 Å². The number of fused-ring (bicyclic) bond motifs is 1. The molecule has 0 bridgehead atoms. The molecule has 8 nitrogen and oxygen atoms in total. The molecule has 0 radical (unpaired) electrons. The summed E-state index contributed by atoms with van der Waals surface area (Å²) in [6, 6.07) is 5.16. The van der Waals surface area contributed by atoms with E-state index in [2.05, 4.69) is 15.2 Å². The normalized spacial score (nSPS) is 23.7. The lowest BCUT2D eigenvalue weighted by atomic mass is 10.1. The average Bonchev–Trinajstić information content (AvgIpc) is 3.32. The van der Waals surface area contributed by atoms with Crippen LogP contribution in [-0.2, 0) is 4.79 Å². The second-order valence-corrected chi connectivity index (χ2v) is 7.20. The molecule has 3 N–H and O–H groups in total. The molecule has 8 heteroatoms. The maximum atomic E-state index is 12.7. The number of oxazole rings is 1. The van der Waals surface area contributed by atoms with Crippen molar-refractivity contribution in [1.29, 1.82) is 0 Å². The predicted octanol–water partition coefficient (Wildman–Crippen LogP) is 0.692. The summed E-state index contributed by atoms with van der Waals surface area (Å²) < 4.78 is 5.27. The third kappa shape index (κ3) is 3.12. The molecule has 2 saturated heterocycles. The van der Waals surface area contributed by atoms with Gasteiger partial charge in [-0.15, -0.1) is 0 Å². The molecule has 26 heavy (non-hydrogen) atoms. The Labute approximate surface area is 151 Å². The van der Waals surface area contributed by atoms with E-state index in [4.69, 9.17) is 10.2 Å². The van der Waals surface area contributed by atoms with Gasteiger partial charge in [0.05, 0.1) is 11.5 Å². The molecule has 1 aromatic heterocycles. The number of benzene rings is 1. The highest BCUT2D eigenvalue weighted by Gasteiger charge is 2.34. The van der Waals surface area contributed by atoms with Crippen LogP contribution in [0.2, 0.25) is 0 Å². The van der Waals surface area contributed by atoms with Gasteiger partial charge < -0.3 is 25.3 Å². The van der Waals surface area contributed by atoms with Crippen LogP contribution in [0.5, 0.6) is 0 Å². The van der Waals surface area contributed by atoms with Crippen LogP contribution in [-0.4, -0.2) is 65.9 Å². The van der Waals surface area contributed by atoms with Crippen molar-refractivity contribution in [2.45, 2.75) is 18.9 Å². The summed E-state index contributed by atoms with van der Waals surface area (Å²) in [6.45, 7) is 3.03. The average molecular weight is 357 g/mol. The molecule has 2 atom stereocenters. The molecule has 1 aromatic carbocycles. The zero-order chi connectivity index (χ0) is 18.3. The number of carbonyl (C=O) groups is 2. The molecule has 2 aliphatic rings. The lowest BCUT2D eigenvalue weighted by molar-refractivity contribution is -0.134. The molecule has 2 aliphatic heterocycles. The molecule has 2 amide bonds. The van der Waals surface area contributed by atoms with Crippen LogP contribution >= 0.6 is 0 Å². The summed E-state index contributed by atoms with van der Waals surface area (Å²) in [5.74, 6) is 0.0718. The Balaban J connectivity index is 1.40. The maximum absolute atomic E-state index is 12.7. The monoisotopic (exact) mass is 357 g/mol. The number of hydrogen-bond acceptors (Lipinski definition) is 6. The van der Waals surface area contributed by atoms with Crippen molar-refractivity contribution < 1.29 is 14.0 Å². The van der Waals surface area contributed by atoms with Crippen LogP contribution in [0.15, 0.2) is 22.6 Å². The number of anilines is 1. The van der Waals surface area contributed by atoms with Gasteiger partial charge in [-0.05, 0) is 38.6 Å². The van der Waals surface area contributed by atoms with Gasteiger partial charge in [0.15, 0.2) is 5.58 Å². The van der Waals surface area contributed by atoms with Crippen molar-refractivity contribution in [1.82, 2.24) is 20.1 Å². The summed E-state index contributed by atoms with van der Waals surface area (Å²) in [5, 5.41) is 3.02. The smallest absolute Gasteiger partial charge is 0.293 e. The van der Waals surface area contributed by atoms with Crippen LogP contribution in [0.3, 0.4) is 0 Å². The quantitative estimate of drug-likeness (QED) is 0.838. The number of likely N-dealkylation sites (tertiary alicyclic amines) is 2. The molecule has 4 rings (SSSR count). The number of nitrogens with two attached hydrogens (primary N) is 1. The van der Waals surface area contributed by atoms with Crippen LogP contribution < -0.4 is 11.1 Å². The lowest BCUT2D eigenvalue weighted by Gasteiger charge is -2.21. The van der Waals surface area contributed by atoms with Gasteiger partial charge in [-0.25, -0.2) is 0 Å². The fourth-order valence-electron chi connectivity index (χ4n) is 3.89. The number of nitrogen functional groups attached to an aromatic ring is 1. The third-order valence-electron chi connectivity index (χ3n) is 5.26. The number of nitrogens with zero attached hydrogens (tertiary/aromatic N) is 3. The first-order valence-corrected chi connectivity index (χ1v) is 8.94. The SMILES string of the molecule is CN1CC[C@H](C(=O)N2CC[C@@H](NC(=O)c3cccc4oc(N)nc34)C2)C1. The van der Waals surface area contributed by atoms with Gasteiger partial charge in [-0.3, -0.25) is 9.59 Å². The fraction of sp³-hybridized carbons (Fsp3) is 0.500. The van der Waals surface area contributed by atoms with Gasteiger partial charge in [0.1, 0.15) is 5.52 Å². The zero-order valence-corrected chi connectivity index (χ0v) is 14.8. The number of hydrogen-bond donors (Lipinski definition) is 2. The zero-order valence-electron chi connectivity index (χ0n) is 14.8. The van der Waals surface area contributed by atoms with E-state index >= 15 is 0 Å². The highest BCUT2D eigenvalue weighted by molar-refractivity contribution is 6.04. The number of para-hydroxylation sites is 1. The van der Waals surface area contributed by atoms with E-state index in [1.54, 1.807) is 18.2 Å². The summed E-state index contributed by atoms with van der Waals surface area (Å²) in [7, 11) is 2.04. The molecule has 0 aliphatic carbocycles. The highest BCUT2D eigenvalue weighted by atomic mass is 16.4. The van der Waals surface area contributed by atoms with E-state index in [1.165, 1.54) is 0 Å². The van der Waals surface area contributed by atoms with Crippen LogP contribution in [0.25, 0.3) is 11.1 Å². The molecule has 0 unspecified atom stereocenters. The molecule has 0 spiro atoms. The van der Waals surface area contributed by atoms with Crippen LogP contribution in [0, 0.1) is 5.92 Å². The summed E-state index contributed by atoms with van der Waals surface area (Å²) in [4.78, 5) is 33.4. The van der Waals surface area contributed by atoms with Gasteiger partial charge in [-0.1, -0.05) is 6.07 Å². The van der Waals surface area contributed by atoms with Gasteiger partial charge in [0.2, 0.25) is 5.91 Å². The number of nitrogens with one attached hydrogen (secondary N) is 1. The topological polar surface area (TPSA) is 105 Å². The maximum Gasteiger partial charge on any atom is 0.293 e. The van der Waals surface area contributed by atoms with Gasteiger partial charge in [0.25, 0.3) is 11.9 Å². The third-order valence-corrected chi connectivity index (χ3v) is 5.26. The molecular formula is C18H23N5O3. The fourth-order valence-corrected chi connectivity index (χ4v) is 3.89. The van der Waals surface area contributed by atoms with E-state index in [1.807, 2.05) is 11.9 Å². The molecule has 0 saturated carbocycles. The van der Waals surface area contributed by atoms with Crippen molar-refractivity contribution in [3.05, 3.63) is 23.8 Å². The van der Waals surface area contributed by atoms with Gasteiger partial charge in [0, 0.05) is 25.7 Å². The number of carbonyl (C=O) groups excluding carboxylic acids is 2. The highest BCUT2D eigenvalue weighted by Crippen LogP contribution is 2.23. The minimum Gasteiger partial charge on any atom is -0.424 e. The first-order chi connectivity index (χ1) is 12.5. The lowest BCUT2D eigenvalue weighted by Crippen LogP contribution is -2.40. The van der Waals surface area contributed by atoms with Gasteiger partial charge >= 0.3 is 0 Å². The van der Waals surface area contributed by atoms with Crippen LogP contribution in [0.1, 0.15) is 23.2 Å². The van der Waals surface area contributed by atoms with E-state index in [9.17, 15) is 9.59 Å². The molecule has 138 valence electrons. The summed E-state index contributed by atoms with van der Waals surface area (Å²) >= 11 is 0. The first-order valence-electron chi connectivity index (χ1n) is 8.94. The Morgan fingerprint density at radius 2 is 2.12 bits per heavy atom. The number of rotatable bonds is 3. The minimum atomic E-state index is -0.219. The van der Waals surface area contributed by atoms with E-state index in [-0.39, 0.29) is 29.8 Å².